The molecule has 0 bridgehead atoms. The molecule has 2 aromatic heterocycles. The van der Waals surface area contributed by atoms with Crippen molar-refractivity contribution < 1.29 is 14.6 Å². The molecule has 35 heavy (non-hydrogen) atoms. The van der Waals surface area contributed by atoms with Crippen LogP contribution in [0.15, 0.2) is 30.5 Å². The Morgan fingerprint density at radius 2 is 1.83 bits per heavy atom. The van der Waals surface area contributed by atoms with Crippen LogP contribution in [0.4, 0.5) is 16.3 Å². The average Bonchev–Trinajstić information content (AvgIpc) is 3.27. The lowest BCUT2D eigenvalue weighted by molar-refractivity contribution is 0.0248. The zero-order valence-corrected chi connectivity index (χ0v) is 20.5. The maximum Gasteiger partial charge on any atom is 0.407 e. The number of hydrogen-bond donors (Lipinski definition) is 2. The molecule has 1 aromatic carbocycles. The molecule has 5 rings (SSSR count). The van der Waals surface area contributed by atoms with E-state index in [4.69, 9.17) is 25.5 Å². The number of likely N-dealkylation sites (tertiary alicyclic amines) is 1. The van der Waals surface area contributed by atoms with Crippen LogP contribution in [0.3, 0.4) is 0 Å². The maximum absolute atomic E-state index is 12.2. The standard InChI is InChI=1S/C25H33N7O3/c1-25(2,3)20-19(5-4-10-31(20)24(33)34)32-23-18(15-27-32)22(30-11-13-35-14-12-30)28-21(29-23)16-6-8-17(26)9-7-16/h6-9,15,19-20H,4-5,10-14,26H2,1-3H3,(H,33,34)/t19-,20?/m0/s1. The fourth-order valence-corrected chi connectivity index (χ4v) is 5.42. The van der Waals surface area contributed by atoms with E-state index in [1.807, 2.05) is 35.1 Å². The average molecular weight is 480 g/mol. The summed E-state index contributed by atoms with van der Waals surface area (Å²) >= 11 is 0. The van der Waals surface area contributed by atoms with Crippen LogP contribution in [-0.4, -0.2) is 74.7 Å². The van der Waals surface area contributed by atoms with Gasteiger partial charge < -0.3 is 25.4 Å². The van der Waals surface area contributed by atoms with Gasteiger partial charge in [0.15, 0.2) is 11.5 Å². The number of morpholine rings is 1. The Kier molecular flexibility index (Phi) is 6.00. The van der Waals surface area contributed by atoms with E-state index in [0.717, 1.165) is 48.3 Å². The predicted molar refractivity (Wildman–Crippen MR) is 134 cm³/mol. The molecular formula is C25H33N7O3. The summed E-state index contributed by atoms with van der Waals surface area (Å²) in [6.07, 6.45) is 2.54. The van der Waals surface area contributed by atoms with Gasteiger partial charge in [-0.3, -0.25) is 0 Å². The lowest BCUT2D eigenvalue weighted by atomic mass is 9.77. The van der Waals surface area contributed by atoms with E-state index in [1.54, 1.807) is 4.90 Å². The number of amides is 1. The molecule has 2 atom stereocenters. The molecule has 1 amide bonds. The van der Waals surface area contributed by atoms with Crippen molar-refractivity contribution >= 4 is 28.6 Å². The van der Waals surface area contributed by atoms with Gasteiger partial charge in [-0.2, -0.15) is 5.10 Å². The number of rotatable bonds is 3. The highest BCUT2D eigenvalue weighted by Crippen LogP contribution is 2.40. The number of hydrogen-bond acceptors (Lipinski definition) is 7. The van der Waals surface area contributed by atoms with E-state index < -0.39 is 6.09 Å². The SMILES string of the molecule is CC(C)(C)C1[C@@H](n2ncc3c(N4CCOCC4)nc(-c4ccc(N)cc4)nc32)CCCN1C(=O)O. The largest absolute Gasteiger partial charge is 0.465 e. The zero-order valence-electron chi connectivity index (χ0n) is 20.5. The summed E-state index contributed by atoms with van der Waals surface area (Å²) in [6.45, 7) is 9.54. The second-order valence-corrected chi connectivity index (χ2v) is 10.4. The molecule has 0 aliphatic carbocycles. The fourth-order valence-electron chi connectivity index (χ4n) is 5.42. The third-order valence-electron chi connectivity index (χ3n) is 6.96. The third kappa shape index (κ3) is 4.38. The summed E-state index contributed by atoms with van der Waals surface area (Å²) in [5, 5.41) is 15.6. The molecule has 0 spiro atoms. The molecule has 2 aliphatic heterocycles. The van der Waals surface area contributed by atoms with Crippen LogP contribution in [0.25, 0.3) is 22.4 Å². The number of aromatic nitrogens is 4. The Bertz CT molecular complexity index is 1210. The van der Waals surface area contributed by atoms with Crippen molar-refractivity contribution in [1.29, 1.82) is 0 Å². The zero-order chi connectivity index (χ0) is 24.7. The molecule has 186 valence electrons. The van der Waals surface area contributed by atoms with Crippen molar-refractivity contribution in [2.24, 2.45) is 5.41 Å². The fraction of sp³-hybridized carbons (Fsp3) is 0.520. The highest BCUT2D eigenvalue weighted by molar-refractivity contribution is 5.89. The summed E-state index contributed by atoms with van der Waals surface area (Å²) in [7, 11) is 0. The maximum atomic E-state index is 12.2. The molecular weight excluding hydrogens is 446 g/mol. The van der Waals surface area contributed by atoms with Gasteiger partial charge in [0, 0.05) is 30.9 Å². The quantitative estimate of drug-likeness (QED) is 0.546. The summed E-state index contributed by atoms with van der Waals surface area (Å²) < 4.78 is 7.50. The lowest BCUT2D eigenvalue weighted by Crippen LogP contribution is -2.54. The van der Waals surface area contributed by atoms with Crippen molar-refractivity contribution in [1.82, 2.24) is 24.6 Å². The van der Waals surface area contributed by atoms with Crippen molar-refractivity contribution in [3.8, 4) is 11.4 Å². The minimum atomic E-state index is -0.891. The van der Waals surface area contributed by atoms with E-state index in [-0.39, 0.29) is 17.5 Å². The number of anilines is 2. The van der Waals surface area contributed by atoms with Gasteiger partial charge in [-0.25, -0.2) is 19.4 Å². The smallest absolute Gasteiger partial charge is 0.407 e. The molecule has 2 fully saturated rings. The molecule has 0 saturated carbocycles. The van der Waals surface area contributed by atoms with E-state index >= 15 is 0 Å². The van der Waals surface area contributed by atoms with E-state index in [9.17, 15) is 9.90 Å². The predicted octanol–water partition coefficient (Wildman–Crippen LogP) is 3.64. The van der Waals surface area contributed by atoms with Crippen molar-refractivity contribution in [2.75, 3.05) is 43.5 Å². The summed E-state index contributed by atoms with van der Waals surface area (Å²) in [6, 6.07) is 7.16. The second-order valence-electron chi connectivity index (χ2n) is 10.4. The van der Waals surface area contributed by atoms with Gasteiger partial charge in [-0.15, -0.1) is 0 Å². The van der Waals surface area contributed by atoms with Gasteiger partial charge in [0.05, 0.1) is 36.9 Å². The second kappa shape index (κ2) is 8.99. The van der Waals surface area contributed by atoms with E-state index in [2.05, 4.69) is 25.7 Å². The number of nitrogens with zero attached hydrogens (tertiary/aromatic N) is 6. The van der Waals surface area contributed by atoms with Crippen LogP contribution in [0.5, 0.6) is 0 Å². The molecule has 10 heteroatoms. The first kappa shape index (κ1) is 23.3. The van der Waals surface area contributed by atoms with E-state index in [0.29, 0.717) is 31.3 Å². The Morgan fingerprint density at radius 3 is 2.49 bits per heavy atom. The van der Waals surface area contributed by atoms with Gasteiger partial charge >= 0.3 is 6.09 Å². The highest BCUT2D eigenvalue weighted by atomic mass is 16.5. The third-order valence-corrected chi connectivity index (χ3v) is 6.96. The number of nitrogen functional groups attached to an aromatic ring is 1. The highest BCUT2D eigenvalue weighted by Gasteiger charge is 2.43. The first-order chi connectivity index (χ1) is 16.7. The molecule has 2 saturated heterocycles. The van der Waals surface area contributed by atoms with Gasteiger partial charge in [0.25, 0.3) is 0 Å². The molecule has 10 nitrogen and oxygen atoms in total. The molecule has 2 aliphatic rings. The topological polar surface area (TPSA) is 123 Å². The van der Waals surface area contributed by atoms with Crippen LogP contribution < -0.4 is 10.6 Å². The Hall–Kier alpha value is -3.40. The Morgan fingerprint density at radius 1 is 1.11 bits per heavy atom. The van der Waals surface area contributed by atoms with Crippen molar-refractivity contribution in [3.63, 3.8) is 0 Å². The molecule has 4 heterocycles. The number of piperidine rings is 1. The molecule has 1 unspecified atom stereocenters. The minimum Gasteiger partial charge on any atom is -0.465 e. The Labute approximate surface area is 204 Å². The van der Waals surface area contributed by atoms with Gasteiger partial charge in [0.1, 0.15) is 5.82 Å². The van der Waals surface area contributed by atoms with Crippen LogP contribution >= 0.6 is 0 Å². The van der Waals surface area contributed by atoms with Gasteiger partial charge in [-0.1, -0.05) is 20.8 Å². The normalized spacial score (nSPS) is 21.5. The number of carbonyl (C=O) groups is 1. The van der Waals surface area contributed by atoms with Gasteiger partial charge in [-0.05, 0) is 42.5 Å². The first-order valence-electron chi connectivity index (χ1n) is 12.2. The summed E-state index contributed by atoms with van der Waals surface area (Å²) in [4.78, 5) is 25.9. The lowest BCUT2D eigenvalue weighted by Gasteiger charge is -2.46. The number of fused-ring (bicyclic) bond motifs is 1. The minimum absolute atomic E-state index is 0.135. The Balaban J connectivity index is 1.68. The molecule has 3 aromatic rings. The monoisotopic (exact) mass is 479 g/mol. The number of nitrogens with two attached hydrogens (primary N) is 1. The number of carboxylic acid groups (broad SMARTS) is 1. The van der Waals surface area contributed by atoms with Crippen LogP contribution in [0, 0.1) is 5.41 Å². The molecule has 0 radical (unpaired) electrons. The summed E-state index contributed by atoms with van der Waals surface area (Å²) in [5.74, 6) is 1.42. The van der Waals surface area contributed by atoms with E-state index in [1.165, 1.54) is 0 Å². The van der Waals surface area contributed by atoms with Crippen LogP contribution in [-0.2, 0) is 4.74 Å². The van der Waals surface area contributed by atoms with Crippen molar-refractivity contribution in [3.05, 3.63) is 30.5 Å². The van der Waals surface area contributed by atoms with Gasteiger partial charge in [0.2, 0.25) is 0 Å². The van der Waals surface area contributed by atoms with Crippen molar-refractivity contribution in [2.45, 2.75) is 45.7 Å². The first-order valence-corrected chi connectivity index (χ1v) is 12.2. The number of ether oxygens (including phenoxy) is 1. The summed E-state index contributed by atoms with van der Waals surface area (Å²) in [5.41, 5.74) is 7.90. The van der Waals surface area contributed by atoms with Crippen LogP contribution in [0.2, 0.25) is 0 Å². The number of benzene rings is 1. The molecule has 3 N–H and O–H groups in total. The van der Waals surface area contributed by atoms with Crippen LogP contribution in [0.1, 0.15) is 39.7 Å².